The van der Waals surface area contributed by atoms with Crippen molar-refractivity contribution in [2.24, 2.45) is 0 Å². The van der Waals surface area contributed by atoms with E-state index in [0.717, 1.165) is 5.69 Å². The molecule has 2 aromatic heterocycles. The number of nitrogens with one attached hydrogen (secondary N) is 2. The lowest BCUT2D eigenvalue weighted by molar-refractivity contribution is 0.0526. The van der Waals surface area contributed by atoms with Crippen LogP contribution in [-0.2, 0) is 11.3 Å². The first-order valence-corrected chi connectivity index (χ1v) is 8.70. The Labute approximate surface area is 162 Å². The molecule has 0 saturated heterocycles. The Bertz CT molecular complexity index is 946. The Hall–Kier alpha value is -3.81. The van der Waals surface area contributed by atoms with Gasteiger partial charge in [0, 0.05) is 18.0 Å². The molecule has 0 spiro atoms. The lowest BCUT2D eigenvalue weighted by atomic mass is 10.2. The molecule has 0 radical (unpaired) electrons. The minimum absolute atomic E-state index is 0.216. The standard InChI is InChI=1S/C20H19N5O3/c1-2-28-20(27)14-6-8-15(9-7-14)25-19(26)17-11-18(24-13-23-17)22-12-16-5-3-4-10-21-16/h3-11,13H,2,12H2,1H3,(H,25,26)(H,22,23,24). The molecule has 8 nitrogen and oxygen atoms in total. The number of ether oxygens (including phenoxy) is 1. The Morgan fingerprint density at radius 2 is 1.86 bits per heavy atom. The predicted octanol–water partition coefficient (Wildman–Crippen LogP) is 2.91. The summed E-state index contributed by atoms with van der Waals surface area (Å²) >= 11 is 0. The number of benzene rings is 1. The zero-order chi connectivity index (χ0) is 19.8. The van der Waals surface area contributed by atoms with Gasteiger partial charge in [-0.25, -0.2) is 14.8 Å². The monoisotopic (exact) mass is 377 g/mol. The molecule has 0 saturated carbocycles. The second-order valence-corrected chi connectivity index (χ2v) is 5.72. The maximum Gasteiger partial charge on any atom is 0.338 e. The van der Waals surface area contributed by atoms with Crippen molar-refractivity contribution in [3.63, 3.8) is 0 Å². The first-order chi connectivity index (χ1) is 13.7. The quantitative estimate of drug-likeness (QED) is 0.610. The number of nitrogens with zero attached hydrogens (tertiary/aromatic N) is 3. The molecular weight excluding hydrogens is 358 g/mol. The Morgan fingerprint density at radius 3 is 2.57 bits per heavy atom. The van der Waals surface area contributed by atoms with Crippen LogP contribution in [0.1, 0.15) is 33.5 Å². The zero-order valence-corrected chi connectivity index (χ0v) is 15.3. The fourth-order valence-corrected chi connectivity index (χ4v) is 2.36. The fraction of sp³-hybridized carbons (Fsp3) is 0.150. The average molecular weight is 377 g/mol. The second-order valence-electron chi connectivity index (χ2n) is 5.72. The third-order valence-corrected chi connectivity index (χ3v) is 3.73. The van der Waals surface area contributed by atoms with Crippen LogP contribution >= 0.6 is 0 Å². The summed E-state index contributed by atoms with van der Waals surface area (Å²) in [4.78, 5) is 36.4. The van der Waals surface area contributed by atoms with Gasteiger partial charge >= 0.3 is 5.97 Å². The lowest BCUT2D eigenvalue weighted by Gasteiger charge is -2.08. The molecule has 2 N–H and O–H groups in total. The highest BCUT2D eigenvalue weighted by atomic mass is 16.5. The average Bonchev–Trinajstić information content (AvgIpc) is 2.74. The van der Waals surface area contributed by atoms with Gasteiger partial charge in [0.1, 0.15) is 17.8 Å². The Balaban J connectivity index is 1.62. The molecule has 2 heterocycles. The second kappa shape index (κ2) is 9.22. The maximum absolute atomic E-state index is 12.4. The summed E-state index contributed by atoms with van der Waals surface area (Å²) in [5.41, 5.74) is 2.03. The number of carbonyl (C=O) groups is 2. The Kier molecular flexibility index (Phi) is 6.25. The van der Waals surface area contributed by atoms with E-state index in [1.54, 1.807) is 43.5 Å². The SMILES string of the molecule is CCOC(=O)c1ccc(NC(=O)c2cc(NCc3ccccn3)ncn2)cc1. The minimum atomic E-state index is -0.403. The van der Waals surface area contributed by atoms with Crippen molar-refractivity contribution in [1.82, 2.24) is 15.0 Å². The van der Waals surface area contributed by atoms with Gasteiger partial charge in [-0.05, 0) is 43.3 Å². The highest BCUT2D eigenvalue weighted by Crippen LogP contribution is 2.13. The van der Waals surface area contributed by atoms with Gasteiger partial charge in [0.15, 0.2) is 0 Å². The number of hydrogen-bond donors (Lipinski definition) is 2. The van der Waals surface area contributed by atoms with E-state index >= 15 is 0 Å². The summed E-state index contributed by atoms with van der Waals surface area (Å²) in [5.74, 6) is -0.268. The van der Waals surface area contributed by atoms with Gasteiger partial charge in [-0.15, -0.1) is 0 Å². The molecule has 3 rings (SSSR count). The molecule has 0 atom stereocenters. The summed E-state index contributed by atoms with van der Waals surface area (Å²) in [6.07, 6.45) is 3.03. The van der Waals surface area contributed by atoms with Crippen LogP contribution in [0.4, 0.5) is 11.5 Å². The first kappa shape index (κ1) is 19.0. The van der Waals surface area contributed by atoms with E-state index in [1.807, 2.05) is 18.2 Å². The van der Waals surface area contributed by atoms with Gasteiger partial charge in [0.2, 0.25) is 0 Å². The van der Waals surface area contributed by atoms with Gasteiger partial charge in [-0.1, -0.05) is 6.07 Å². The molecule has 0 unspecified atom stereocenters. The largest absolute Gasteiger partial charge is 0.462 e. The van der Waals surface area contributed by atoms with E-state index in [1.165, 1.54) is 6.33 Å². The molecule has 8 heteroatoms. The Morgan fingerprint density at radius 1 is 1.04 bits per heavy atom. The molecule has 0 bridgehead atoms. The van der Waals surface area contributed by atoms with Gasteiger partial charge in [-0.2, -0.15) is 0 Å². The van der Waals surface area contributed by atoms with Crippen LogP contribution in [0.3, 0.4) is 0 Å². The summed E-state index contributed by atoms with van der Waals surface area (Å²) in [7, 11) is 0. The third kappa shape index (κ3) is 5.10. The fourth-order valence-electron chi connectivity index (χ4n) is 2.36. The molecule has 142 valence electrons. The number of amides is 1. The first-order valence-electron chi connectivity index (χ1n) is 8.70. The van der Waals surface area contributed by atoms with Crippen LogP contribution in [0.5, 0.6) is 0 Å². The number of esters is 1. The molecule has 1 aromatic carbocycles. The van der Waals surface area contributed by atoms with E-state index in [9.17, 15) is 9.59 Å². The minimum Gasteiger partial charge on any atom is -0.462 e. The van der Waals surface area contributed by atoms with Crippen molar-refractivity contribution in [2.75, 3.05) is 17.2 Å². The smallest absolute Gasteiger partial charge is 0.338 e. The van der Waals surface area contributed by atoms with Crippen molar-refractivity contribution < 1.29 is 14.3 Å². The van der Waals surface area contributed by atoms with Gasteiger partial charge in [0.05, 0.1) is 24.4 Å². The van der Waals surface area contributed by atoms with Crippen molar-refractivity contribution in [3.05, 3.63) is 78.0 Å². The van der Waals surface area contributed by atoms with E-state index in [-0.39, 0.29) is 11.6 Å². The molecule has 0 aliphatic rings. The van der Waals surface area contributed by atoms with Crippen molar-refractivity contribution >= 4 is 23.4 Å². The molecule has 3 aromatic rings. The highest BCUT2D eigenvalue weighted by molar-refractivity contribution is 6.03. The zero-order valence-electron chi connectivity index (χ0n) is 15.3. The van der Waals surface area contributed by atoms with E-state index < -0.39 is 5.97 Å². The van der Waals surface area contributed by atoms with Gasteiger partial charge < -0.3 is 15.4 Å². The number of anilines is 2. The molecule has 1 amide bonds. The van der Waals surface area contributed by atoms with Crippen LogP contribution in [0.25, 0.3) is 0 Å². The van der Waals surface area contributed by atoms with Gasteiger partial charge in [0.25, 0.3) is 5.91 Å². The van der Waals surface area contributed by atoms with Crippen molar-refractivity contribution in [1.29, 1.82) is 0 Å². The number of hydrogen-bond acceptors (Lipinski definition) is 7. The van der Waals surface area contributed by atoms with Crippen LogP contribution in [0, 0.1) is 0 Å². The molecule has 28 heavy (non-hydrogen) atoms. The molecule has 0 fully saturated rings. The third-order valence-electron chi connectivity index (χ3n) is 3.73. The lowest BCUT2D eigenvalue weighted by Crippen LogP contribution is -2.15. The van der Waals surface area contributed by atoms with Crippen LogP contribution in [0.2, 0.25) is 0 Å². The normalized spacial score (nSPS) is 10.2. The van der Waals surface area contributed by atoms with E-state index in [0.29, 0.717) is 30.2 Å². The predicted molar refractivity (Wildman–Crippen MR) is 104 cm³/mol. The maximum atomic E-state index is 12.4. The van der Waals surface area contributed by atoms with E-state index in [2.05, 4.69) is 25.6 Å². The van der Waals surface area contributed by atoms with Crippen LogP contribution < -0.4 is 10.6 Å². The molecular formula is C20H19N5O3. The summed E-state index contributed by atoms with van der Waals surface area (Å²) in [6, 6.07) is 13.6. The number of aromatic nitrogens is 3. The summed E-state index contributed by atoms with van der Waals surface area (Å²) < 4.78 is 4.93. The van der Waals surface area contributed by atoms with Crippen molar-refractivity contribution in [3.8, 4) is 0 Å². The summed E-state index contributed by atoms with van der Waals surface area (Å²) in [6.45, 7) is 2.53. The number of pyridine rings is 1. The van der Waals surface area contributed by atoms with E-state index in [4.69, 9.17) is 4.74 Å². The number of carbonyl (C=O) groups excluding carboxylic acids is 2. The highest BCUT2D eigenvalue weighted by Gasteiger charge is 2.11. The topological polar surface area (TPSA) is 106 Å². The van der Waals surface area contributed by atoms with Crippen LogP contribution in [0.15, 0.2) is 61.1 Å². The van der Waals surface area contributed by atoms with Crippen molar-refractivity contribution in [2.45, 2.75) is 13.5 Å². The van der Waals surface area contributed by atoms with Gasteiger partial charge in [-0.3, -0.25) is 9.78 Å². The molecule has 0 aliphatic carbocycles. The molecule has 0 aliphatic heterocycles. The summed E-state index contributed by atoms with van der Waals surface area (Å²) in [5, 5.41) is 5.84. The number of rotatable bonds is 7. The van der Waals surface area contributed by atoms with Crippen LogP contribution in [-0.4, -0.2) is 33.4 Å².